The second kappa shape index (κ2) is 6.26. The molecule has 3 heterocycles. The van der Waals surface area contributed by atoms with E-state index in [-0.39, 0.29) is 11.9 Å². The maximum absolute atomic E-state index is 12.7. The summed E-state index contributed by atoms with van der Waals surface area (Å²) in [6, 6.07) is 5.79. The minimum atomic E-state index is -0.495. The lowest BCUT2D eigenvalue weighted by Gasteiger charge is -2.26. The molecule has 0 bridgehead atoms. The van der Waals surface area contributed by atoms with E-state index in [1.807, 2.05) is 42.3 Å². The van der Waals surface area contributed by atoms with Crippen LogP contribution in [0.2, 0.25) is 0 Å². The van der Waals surface area contributed by atoms with Crippen LogP contribution in [-0.2, 0) is 0 Å². The molecule has 4 nitrogen and oxygen atoms in total. The number of rotatable bonds is 4. The third-order valence-corrected chi connectivity index (χ3v) is 5.25. The summed E-state index contributed by atoms with van der Waals surface area (Å²) in [5.74, 6) is 1.46. The molecule has 118 valence electrons. The number of aliphatic hydroxyl groups is 1. The largest absolute Gasteiger partial charge is 0.466 e. The Labute approximate surface area is 134 Å². The highest BCUT2D eigenvalue weighted by atomic mass is 32.1. The maximum Gasteiger partial charge on any atom is 0.257 e. The van der Waals surface area contributed by atoms with Crippen molar-refractivity contribution in [3.05, 3.63) is 45.5 Å². The highest BCUT2D eigenvalue weighted by Gasteiger charge is 2.32. The Morgan fingerprint density at radius 1 is 1.55 bits per heavy atom. The average Bonchev–Trinajstić information content (AvgIpc) is 3.19. The number of aryl methyl sites for hydroxylation is 2. The molecule has 1 amide bonds. The lowest BCUT2D eigenvalue weighted by Crippen LogP contribution is -2.36. The third kappa shape index (κ3) is 2.96. The van der Waals surface area contributed by atoms with Gasteiger partial charge in [-0.2, -0.15) is 0 Å². The minimum Gasteiger partial charge on any atom is -0.466 e. The molecule has 0 aliphatic carbocycles. The van der Waals surface area contributed by atoms with Gasteiger partial charge in [-0.05, 0) is 50.6 Å². The fourth-order valence-corrected chi connectivity index (χ4v) is 3.93. The SMILES string of the molecule is Cc1cc(C(=O)N2CCC[C@H]2C[C@@H](O)c2cccs2)c(C)o1. The Hall–Kier alpha value is -1.59. The zero-order valence-corrected chi connectivity index (χ0v) is 13.7. The number of nitrogens with zero attached hydrogens (tertiary/aromatic N) is 1. The van der Waals surface area contributed by atoms with Gasteiger partial charge in [-0.15, -0.1) is 11.3 Å². The van der Waals surface area contributed by atoms with Gasteiger partial charge < -0.3 is 14.4 Å². The van der Waals surface area contributed by atoms with Gasteiger partial charge in [0.05, 0.1) is 11.7 Å². The highest BCUT2D eigenvalue weighted by Crippen LogP contribution is 2.31. The number of carbonyl (C=O) groups excluding carboxylic acids is 1. The number of carbonyl (C=O) groups is 1. The first-order valence-corrected chi connectivity index (χ1v) is 8.53. The second-order valence-electron chi connectivity index (χ2n) is 5.89. The molecule has 1 aliphatic rings. The number of aliphatic hydroxyl groups excluding tert-OH is 1. The van der Waals surface area contributed by atoms with Gasteiger partial charge in [0, 0.05) is 17.5 Å². The van der Waals surface area contributed by atoms with Crippen molar-refractivity contribution < 1.29 is 14.3 Å². The van der Waals surface area contributed by atoms with Crippen LogP contribution in [0.5, 0.6) is 0 Å². The molecule has 1 saturated heterocycles. The Bertz CT molecular complexity index is 647. The van der Waals surface area contributed by atoms with E-state index in [1.54, 1.807) is 11.3 Å². The summed E-state index contributed by atoms with van der Waals surface area (Å²) in [5, 5.41) is 12.3. The van der Waals surface area contributed by atoms with E-state index >= 15 is 0 Å². The molecule has 1 aliphatic heterocycles. The predicted molar refractivity (Wildman–Crippen MR) is 86.1 cm³/mol. The number of furan rings is 1. The van der Waals surface area contributed by atoms with Gasteiger partial charge in [-0.25, -0.2) is 0 Å². The van der Waals surface area contributed by atoms with Crippen LogP contribution in [-0.4, -0.2) is 28.5 Å². The van der Waals surface area contributed by atoms with Crippen LogP contribution in [0.4, 0.5) is 0 Å². The summed E-state index contributed by atoms with van der Waals surface area (Å²) in [6.07, 6.45) is 2.04. The van der Waals surface area contributed by atoms with E-state index in [9.17, 15) is 9.90 Å². The molecule has 2 atom stereocenters. The van der Waals surface area contributed by atoms with Crippen LogP contribution >= 0.6 is 11.3 Å². The first kappa shape index (κ1) is 15.3. The highest BCUT2D eigenvalue weighted by molar-refractivity contribution is 7.10. The zero-order valence-electron chi connectivity index (χ0n) is 12.9. The molecule has 1 N–H and O–H groups in total. The van der Waals surface area contributed by atoms with E-state index in [0.717, 1.165) is 30.0 Å². The average molecular weight is 319 g/mol. The Morgan fingerprint density at radius 3 is 3.00 bits per heavy atom. The van der Waals surface area contributed by atoms with Crippen LogP contribution in [0.15, 0.2) is 28.0 Å². The van der Waals surface area contributed by atoms with Crippen LogP contribution < -0.4 is 0 Å². The molecule has 0 radical (unpaired) electrons. The second-order valence-corrected chi connectivity index (χ2v) is 6.87. The number of thiophene rings is 1. The van der Waals surface area contributed by atoms with Gasteiger partial charge in [-0.1, -0.05) is 6.07 Å². The van der Waals surface area contributed by atoms with Gasteiger partial charge in [-0.3, -0.25) is 4.79 Å². The fraction of sp³-hybridized carbons (Fsp3) is 0.471. The van der Waals surface area contributed by atoms with Crippen molar-refractivity contribution in [1.29, 1.82) is 0 Å². The number of amides is 1. The summed E-state index contributed by atoms with van der Waals surface area (Å²) in [5.41, 5.74) is 0.648. The first-order valence-electron chi connectivity index (χ1n) is 7.65. The van der Waals surface area contributed by atoms with Crippen LogP contribution in [0.25, 0.3) is 0 Å². The van der Waals surface area contributed by atoms with Gasteiger partial charge in [0.15, 0.2) is 0 Å². The van der Waals surface area contributed by atoms with E-state index in [0.29, 0.717) is 17.7 Å². The van der Waals surface area contributed by atoms with Crippen LogP contribution in [0.1, 0.15) is 52.1 Å². The summed E-state index contributed by atoms with van der Waals surface area (Å²) in [4.78, 5) is 15.6. The van der Waals surface area contributed by atoms with Crippen molar-refractivity contribution in [3.8, 4) is 0 Å². The summed E-state index contributed by atoms with van der Waals surface area (Å²) in [6.45, 7) is 4.43. The molecule has 22 heavy (non-hydrogen) atoms. The van der Waals surface area contributed by atoms with Crippen LogP contribution in [0, 0.1) is 13.8 Å². The normalized spacial score (nSPS) is 19.6. The van der Waals surface area contributed by atoms with Crippen molar-refractivity contribution in [2.75, 3.05) is 6.54 Å². The standard InChI is InChI=1S/C17H21NO3S/c1-11-9-14(12(2)21-11)17(20)18-7-3-5-13(18)10-15(19)16-6-4-8-22-16/h4,6,8-9,13,15,19H,3,5,7,10H2,1-2H3/t13-,15+/m0/s1. The van der Waals surface area contributed by atoms with E-state index < -0.39 is 6.10 Å². The van der Waals surface area contributed by atoms with Crippen LogP contribution in [0.3, 0.4) is 0 Å². The summed E-state index contributed by atoms with van der Waals surface area (Å²) >= 11 is 1.56. The molecule has 2 aromatic rings. The molecular formula is C17H21NO3S. The molecule has 0 saturated carbocycles. The van der Waals surface area contributed by atoms with Crippen molar-refractivity contribution in [3.63, 3.8) is 0 Å². The molecule has 5 heteroatoms. The fourth-order valence-electron chi connectivity index (χ4n) is 3.20. The van der Waals surface area contributed by atoms with Gasteiger partial charge >= 0.3 is 0 Å². The maximum atomic E-state index is 12.7. The van der Waals surface area contributed by atoms with Gasteiger partial charge in [0.2, 0.25) is 0 Å². The molecule has 3 rings (SSSR count). The summed E-state index contributed by atoms with van der Waals surface area (Å²) in [7, 11) is 0. The van der Waals surface area contributed by atoms with Gasteiger partial charge in [0.25, 0.3) is 5.91 Å². The number of hydrogen-bond donors (Lipinski definition) is 1. The zero-order chi connectivity index (χ0) is 15.7. The Balaban J connectivity index is 1.73. The minimum absolute atomic E-state index is 0.0234. The Kier molecular flexibility index (Phi) is 4.36. The Morgan fingerprint density at radius 2 is 2.36 bits per heavy atom. The quantitative estimate of drug-likeness (QED) is 0.935. The smallest absolute Gasteiger partial charge is 0.257 e. The lowest BCUT2D eigenvalue weighted by atomic mass is 10.0. The first-order chi connectivity index (χ1) is 10.6. The molecule has 0 aromatic carbocycles. The van der Waals surface area contributed by atoms with E-state index in [2.05, 4.69) is 0 Å². The van der Waals surface area contributed by atoms with Gasteiger partial charge in [0.1, 0.15) is 11.5 Å². The molecular weight excluding hydrogens is 298 g/mol. The van der Waals surface area contributed by atoms with E-state index in [4.69, 9.17) is 4.42 Å². The summed E-state index contributed by atoms with van der Waals surface area (Å²) < 4.78 is 5.48. The molecule has 0 spiro atoms. The number of likely N-dealkylation sites (tertiary alicyclic amines) is 1. The third-order valence-electron chi connectivity index (χ3n) is 4.28. The van der Waals surface area contributed by atoms with Crippen molar-refractivity contribution in [2.45, 2.75) is 45.3 Å². The lowest BCUT2D eigenvalue weighted by molar-refractivity contribution is 0.0668. The molecule has 0 unspecified atom stereocenters. The van der Waals surface area contributed by atoms with E-state index in [1.165, 1.54) is 0 Å². The predicted octanol–water partition coefficient (Wildman–Crippen LogP) is 3.69. The van der Waals surface area contributed by atoms with Crippen molar-refractivity contribution in [2.24, 2.45) is 0 Å². The van der Waals surface area contributed by atoms with Crippen molar-refractivity contribution >= 4 is 17.2 Å². The molecule has 1 fully saturated rings. The monoisotopic (exact) mass is 319 g/mol. The van der Waals surface area contributed by atoms with Crippen molar-refractivity contribution in [1.82, 2.24) is 4.90 Å². The number of hydrogen-bond acceptors (Lipinski definition) is 4. The molecule has 2 aromatic heterocycles. The topological polar surface area (TPSA) is 53.7 Å².